The molecule has 1 saturated heterocycles. The van der Waals surface area contributed by atoms with E-state index in [-0.39, 0.29) is 0 Å². The summed E-state index contributed by atoms with van der Waals surface area (Å²) >= 11 is 0. The molecule has 112 valence electrons. The molecule has 20 heavy (non-hydrogen) atoms. The largest absolute Gasteiger partial charge is 0.316 e. The van der Waals surface area contributed by atoms with Crippen LogP contribution in [-0.4, -0.2) is 13.1 Å². The quantitative estimate of drug-likeness (QED) is 0.594. The lowest BCUT2D eigenvalue weighted by atomic mass is 9.72. The van der Waals surface area contributed by atoms with E-state index in [9.17, 15) is 0 Å². The lowest BCUT2D eigenvalue weighted by Crippen LogP contribution is -2.54. The van der Waals surface area contributed by atoms with Crippen LogP contribution in [0.1, 0.15) is 63.9 Å². The van der Waals surface area contributed by atoms with Crippen molar-refractivity contribution in [1.82, 2.24) is 5.32 Å². The topological polar surface area (TPSA) is 12.0 Å². The summed E-state index contributed by atoms with van der Waals surface area (Å²) in [6, 6.07) is 11.0. The average Bonchev–Trinajstić information content (AvgIpc) is 2.44. The molecular weight excluding hydrogens is 242 g/mol. The number of nitrogens with one attached hydrogen (secondary N) is 1. The van der Waals surface area contributed by atoms with Crippen molar-refractivity contribution >= 4 is 0 Å². The van der Waals surface area contributed by atoms with Gasteiger partial charge in [-0.1, -0.05) is 82.2 Å². The smallest absolute Gasteiger partial charge is 0.00234 e. The summed E-state index contributed by atoms with van der Waals surface area (Å²) in [6.07, 6.45) is 12.6. The van der Waals surface area contributed by atoms with E-state index in [0.29, 0.717) is 5.41 Å². The Morgan fingerprint density at radius 3 is 2.15 bits per heavy atom. The van der Waals surface area contributed by atoms with Crippen molar-refractivity contribution in [2.24, 2.45) is 5.41 Å². The van der Waals surface area contributed by atoms with Gasteiger partial charge >= 0.3 is 0 Å². The fraction of sp³-hybridized carbons (Fsp3) is 0.684. The number of rotatable bonds is 10. The highest BCUT2D eigenvalue weighted by molar-refractivity contribution is 5.18. The summed E-state index contributed by atoms with van der Waals surface area (Å²) < 4.78 is 0. The van der Waals surface area contributed by atoms with Gasteiger partial charge in [0, 0.05) is 13.1 Å². The third-order valence-corrected chi connectivity index (χ3v) is 4.73. The van der Waals surface area contributed by atoms with Crippen molar-refractivity contribution < 1.29 is 0 Å². The first-order chi connectivity index (χ1) is 9.85. The van der Waals surface area contributed by atoms with E-state index in [1.807, 2.05) is 0 Å². The first-order valence-corrected chi connectivity index (χ1v) is 8.59. The van der Waals surface area contributed by atoms with Crippen LogP contribution in [0.4, 0.5) is 0 Å². The van der Waals surface area contributed by atoms with E-state index in [1.165, 1.54) is 76.4 Å². The third kappa shape index (κ3) is 4.94. The maximum atomic E-state index is 3.49. The number of unbranched alkanes of at least 4 members (excludes halogenated alkanes) is 6. The SMILES string of the molecule is CCCCCCCCCC1(Cc2ccccc2)CNC1. The Kier molecular flexibility index (Phi) is 6.59. The Balaban J connectivity index is 1.64. The summed E-state index contributed by atoms with van der Waals surface area (Å²) in [5.41, 5.74) is 2.07. The van der Waals surface area contributed by atoms with Gasteiger partial charge in [0.2, 0.25) is 0 Å². The van der Waals surface area contributed by atoms with Crippen molar-refractivity contribution in [3.63, 3.8) is 0 Å². The predicted octanol–water partition coefficient (Wildman–Crippen LogP) is 4.96. The second-order valence-electron chi connectivity index (χ2n) is 6.64. The zero-order valence-electron chi connectivity index (χ0n) is 13.2. The van der Waals surface area contributed by atoms with Crippen molar-refractivity contribution in [2.75, 3.05) is 13.1 Å². The molecule has 1 fully saturated rings. The Bertz CT molecular complexity index is 353. The molecule has 0 atom stereocenters. The highest BCUT2D eigenvalue weighted by atomic mass is 15.0. The molecule has 1 aliphatic rings. The molecule has 0 amide bonds. The second-order valence-corrected chi connectivity index (χ2v) is 6.64. The van der Waals surface area contributed by atoms with Gasteiger partial charge < -0.3 is 5.32 Å². The van der Waals surface area contributed by atoms with Crippen molar-refractivity contribution in [3.8, 4) is 0 Å². The number of hydrogen-bond acceptors (Lipinski definition) is 1. The Morgan fingerprint density at radius 1 is 0.900 bits per heavy atom. The maximum Gasteiger partial charge on any atom is 0.00234 e. The fourth-order valence-corrected chi connectivity index (χ4v) is 3.35. The van der Waals surface area contributed by atoms with E-state index in [0.717, 1.165) is 0 Å². The summed E-state index contributed by atoms with van der Waals surface area (Å²) in [5, 5.41) is 3.49. The maximum absolute atomic E-state index is 3.49. The molecule has 1 aromatic rings. The van der Waals surface area contributed by atoms with Crippen LogP contribution in [0.25, 0.3) is 0 Å². The lowest BCUT2D eigenvalue weighted by molar-refractivity contribution is 0.147. The Morgan fingerprint density at radius 2 is 1.55 bits per heavy atom. The standard InChI is InChI=1S/C19H31N/c1-2-3-4-5-6-7-11-14-19(16-20-17-19)15-18-12-9-8-10-13-18/h8-10,12-13,20H,2-7,11,14-17H2,1H3. The van der Waals surface area contributed by atoms with E-state index in [4.69, 9.17) is 0 Å². The summed E-state index contributed by atoms with van der Waals surface area (Å²) in [7, 11) is 0. The molecule has 2 rings (SSSR count). The van der Waals surface area contributed by atoms with Crippen molar-refractivity contribution in [2.45, 2.75) is 64.7 Å². The minimum atomic E-state index is 0.560. The highest BCUT2D eigenvalue weighted by Crippen LogP contribution is 2.33. The minimum Gasteiger partial charge on any atom is -0.316 e. The van der Waals surface area contributed by atoms with Gasteiger partial charge in [0.15, 0.2) is 0 Å². The molecule has 0 spiro atoms. The molecule has 1 heteroatoms. The first-order valence-electron chi connectivity index (χ1n) is 8.59. The zero-order valence-corrected chi connectivity index (χ0v) is 13.2. The van der Waals surface area contributed by atoms with Gasteiger partial charge in [0.25, 0.3) is 0 Å². The summed E-state index contributed by atoms with van der Waals surface area (Å²) in [5.74, 6) is 0. The van der Waals surface area contributed by atoms with Crippen LogP contribution >= 0.6 is 0 Å². The average molecular weight is 273 g/mol. The van der Waals surface area contributed by atoms with Crippen molar-refractivity contribution in [1.29, 1.82) is 0 Å². The van der Waals surface area contributed by atoms with Crippen LogP contribution in [0.15, 0.2) is 30.3 Å². The van der Waals surface area contributed by atoms with Crippen LogP contribution in [-0.2, 0) is 6.42 Å². The molecular formula is C19H31N. The highest BCUT2D eigenvalue weighted by Gasteiger charge is 2.35. The van der Waals surface area contributed by atoms with Crippen LogP contribution in [0.2, 0.25) is 0 Å². The van der Waals surface area contributed by atoms with Gasteiger partial charge in [-0.25, -0.2) is 0 Å². The fourth-order valence-electron chi connectivity index (χ4n) is 3.35. The van der Waals surface area contributed by atoms with Gasteiger partial charge in [-0.2, -0.15) is 0 Å². The zero-order chi connectivity index (χ0) is 14.1. The lowest BCUT2D eigenvalue weighted by Gasteiger charge is -2.43. The van der Waals surface area contributed by atoms with Gasteiger partial charge in [-0.05, 0) is 23.8 Å². The molecule has 1 nitrogen and oxygen atoms in total. The molecule has 1 N–H and O–H groups in total. The summed E-state index contributed by atoms with van der Waals surface area (Å²) in [4.78, 5) is 0. The van der Waals surface area contributed by atoms with Crippen LogP contribution in [0, 0.1) is 5.41 Å². The molecule has 1 heterocycles. The molecule has 0 unspecified atom stereocenters. The van der Waals surface area contributed by atoms with Crippen LogP contribution < -0.4 is 5.32 Å². The van der Waals surface area contributed by atoms with Gasteiger partial charge in [0.1, 0.15) is 0 Å². The molecule has 0 saturated carbocycles. The van der Waals surface area contributed by atoms with Gasteiger partial charge in [-0.15, -0.1) is 0 Å². The monoisotopic (exact) mass is 273 g/mol. The molecule has 1 aliphatic heterocycles. The molecule has 0 aliphatic carbocycles. The van der Waals surface area contributed by atoms with E-state index >= 15 is 0 Å². The number of benzene rings is 1. The van der Waals surface area contributed by atoms with Gasteiger partial charge in [0.05, 0.1) is 0 Å². The third-order valence-electron chi connectivity index (χ3n) is 4.73. The van der Waals surface area contributed by atoms with Crippen molar-refractivity contribution in [3.05, 3.63) is 35.9 Å². The van der Waals surface area contributed by atoms with Gasteiger partial charge in [-0.3, -0.25) is 0 Å². The molecule has 0 radical (unpaired) electrons. The van der Waals surface area contributed by atoms with Crippen LogP contribution in [0.3, 0.4) is 0 Å². The minimum absolute atomic E-state index is 0.560. The molecule has 0 aromatic heterocycles. The second kappa shape index (κ2) is 8.46. The molecule has 1 aromatic carbocycles. The van der Waals surface area contributed by atoms with Crippen LogP contribution in [0.5, 0.6) is 0 Å². The normalized spacial score (nSPS) is 16.9. The molecule has 0 bridgehead atoms. The predicted molar refractivity (Wildman–Crippen MR) is 88.1 cm³/mol. The summed E-state index contributed by atoms with van der Waals surface area (Å²) in [6.45, 7) is 4.73. The number of hydrogen-bond donors (Lipinski definition) is 1. The van der Waals surface area contributed by atoms with E-state index in [1.54, 1.807) is 0 Å². The Hall–Kier alpha value is -0.820. The Labute approximate surface area is 125 Å². The first kappa shape index (κ1) is 15.6. The van der Waals surface area contributed by atoms with E-state index < -0.39 is 0 Å². The van der Waals surface area contributed by atoms with E-state index in [2.05, 4.69) is 42.6 Å².